The fourth-order valence-electron chi connectivity index (χ4n) is 0.629. The molecule has 0 aromatic rings. The molecule has 0 spiro atoms. The summed E-state index contributed by atoms with van der Waals surface area (Å²) in [6.45, 7) is 0. The number of unbranched alkanes of at least 4 members (excludes halogenated alkanes) is 2. The van der Waals surface area contributed by atoms with Crippen LogP contribution in [0.25, 0.3) is 0 Å². The minimum atomic E-state index is -0.0745. The van der Waals surface area contributed by atoms with Crippen molar-refractivity contribution in [1.29, 1.82) is 0 Å². The summed E-state index contributed by atoms with van der Waals surface area (Å²) in [5, 5.41) is 1.01. The number of rotatable bonds is 5. The summed E-state index contributed by atoms with van der Waals surface area (Å²) in [5.41, 5.74) is 0. The van der Waals surface area contributed by atoms with Crippen molar-refractivity contribution in [3.63, 3.8) is 0 Å². The van der Waals surface area contributed by atoms with Crippen molar-refractivity contribution in [2.24, 2.45) is 0 Å². The van der Waals surface area contributed by atoms with Crippen molar-refractivity contribution in [3.8, 4) is 12.3 Å². The van der Waals surface area contributed by atoms with Gasteiger partial charge in [-0.25, -0.2) is 0 Å². The molecule has 0 aromatic heterocycles. The van der Waals surface area contributed by atoms with Crippen molar-refractivity contribution >= 4 is 21.7 Å². The average molecular weight is 203 g/mol. The van der Waals surface area contributed by atoms with Gasteiger partial charge in [0.2, 0.25) is 5.78 Å². The zero-order valence-electron chi connectivity index (χ0n) is 5.90. The molecular weight excluding hydrogens is 192 g/mol. The van der Waals surface area contributed by atoms with E-state index in [0.717, 1.165) is 24.6 Å². The lowest BCUT2D eigenvalue weighted by atomic mass is 10.1. The number of terminal acetylenes is 1. The van der Waals surface area contributed by atoms with E-state index in [9.17, 15) is 4.79 Å². The predicted octanol–water partition coefficient (Wildman–Crippen LogP) is 2.14. The summed E-state index contributed by atoms with van der Waals surface area (Å²) in [7, 11) is 0. The van der Waals surface area contributed by atoms with Crippen LogP contribution in [0.5, 0.6) is 0 Å². The summed E-state index contributed by atoms with van der Waals surface area (Å²) in [4.78, 5) is 10.5. The van der Waals surface area contributed by atoms with Crippen molar-refractivity contribution < 1.29 is 4.79 Å². The van der Waals surface area contributed by atoms with Gasteiger partial charge in [0.15, 0.2) is 0 Å². The van der Waals surface area contributed by atoms with Gasteiger partial charge in [-0.3, -0.25) is 4.79 Å². The van der Waals surface area contributed by atoms with Gasteiger partial charge >= 0.3 is 0 Å². The van der Waals surface area contributed by atoms with E-state index >= 15 is 0 Å². The molecule has 0 aliphatic rings. The first-order valence-electron chi connectivity index (χ1n) is 3.36. The molecule has 0 saturated carbocycles. The van der Waals surface area contributed by atoms with Gasteiger partial charge in [-0.2, -0.15) is 0 Å². The second kappa shape index (κ2) is 6.82. The Morgan fingerprint density at radius 3 is 2.60 bits per heavy atom. The first-order valence-corrected chi connectivity index (χ1v) is 4.49. The van der Waals surface area contributed by atoms with Gasteiger partial charge in [0.1, 0.15) is 0 Å². The Morgan fingerprint density at radius 2 is 2.10 bits per heavy atom. The molecule has 2 heteroatoms. The van der Waals surface area contributed by atoms with E-state index in [1.807, 2.05) is 0 Å². The lowest BCUT2D eigenvalue weighted by Crippen LogP contribution is -1.91. The van der Waals surface area contributed by atoms with Crippen molar-refractivity contribution in [2.75, 3.05) is 5.33 Å². The van der Waals surface area contributed by atoms with Crippen molar-refractivity contribution in [2.45, 2.75) is 25.7 Å². The molecule has 0 aliphatic heterocycles. The van der Waals surface area contributed by atoms with Gasteiger partial charge in [-0.15, -0.1) is 6.42 Å². The third-order valence-electron chi connectivity index (χ3n) is 1.20. The predicted molar refractivity (Wildman–Crippen MR) is 46.1 cm³/mol. The van der Waals surface area contributed by atoms with Crippen LogP contribution in [0.2, 0.25) is 0 Å². The van der Waals surface area contributed by atoms with Gasteiger partial charge in [0.05, 0.1) is 0 Å². The van der Waals surface area contributed by atoms with Crippen LogP contribution >= 0.6 is 15.9 Å². The van der Waals surface area contributed by atoms with Crippen LogP contribution in [0.4, 0.5) is 0 Å². The molecule has 0 aliphatic carbocycles. The molecule has 10 heavy (non-hydrogen) atoms. The Bertz CT molecular complexity index is 135. The molecule has 1 nitrogen and oxygen atoms in total. The number of Topliss-reactive ketones (excluding diaryl/α,β-unsaturated/α-hetero) is 1. The van der Waals surface area contributed by atoms with Crippen LogP contribution in [-0.2, 0) is 4.79 Å². The molecule has 0 fully saturated rings. The van der Waals surface area contributed by atoms with Crippen LogP contribution in [0.15, 0.2) is 0 Å². The standard InChI is InChI=1S/C8H11BrO/c1-2-8(10)6-4-3-5-7-9/h1H,3-7H2. The first kappa shape index (κ1) is 9.71. The number of hydrogen-bond acceptors (Lipinski definition) is 1. The SMILES string of the molecule is C#CC(=O)CCCCCBr. The van der Waals surface area contributed by atoms with Crippen molar-refractivity contribution in [3.05, 3.63) is 0 Å². The van der Waals surface area contributed by atoms with E-state index < -0.39 is 0 Å². The highest BCUT2D eigenvalue weighted by molar-refractivity contribution is 9.09. The molecule has 0 saturated heterocycles. The van der Waals surface area contributed by atoms with Crippen LogP contribution < -0.4 is 0 Å². The lowest BCUT2D eigenvalue weighted by Gasteiger charge is -1.92. The van der Waals surface area contributed by atoms with E-state index in [4.69, 9.17) is 6.42 Å². The summed E-state index contributed by atoms with van der Waals surface area (Å²) in [6.07, 6.45) is 8.55. The zero-order valence-corrected chi connectivity index (χ0v) is 7.49. The van der Waals surface area contributed by atoms with Crippen LogP contribution in [0, 0.1) is 12.3 Å². The maximum absolute atomic E-state index is 10.5. The normalized spacial score (nSPS) is 8.80. The number of carbonyl (C=O) groups excluding carboxylic acids is 1. The van der Waals surface area contributed by atoms with E-state index in [2.05, 4.69) is 21.9 Å². The second-order valence-corrected chi connectivity index (χ2v) is 2.86. The largest absolute Gasteiger partial charge is 0.285 e. The number of hydrogen-bond donors (Lipinski definition) is 0. The molecule has 0 N–H and O–H groups in total. The fourth-order valence-corrected chi connectivity index (χ4v) is 1.03. The Hall–Kier alpha value is -0.290. The van der Waals surface area contributed by atoms with Gasteiger partial charge in [-0.05, 0) is 18.8 Å². The molecule has 0 radical (unpaired) electrons. The zero-order chi connectivity index (χ0) is 7.82. The Morgan fingerprint density at radius 1 is 1.40 bits per heavy atom. The highest BCUT2D eigenvalue weighted by Gasteiger charge is 1.94. The second-order valence-electron chi connectivity index (χ2n) is 2.07. The molecule has 0 heterocycles. The molecule has 0 amide bonds. The Balaban J connectivity index is 3.06. The van der Waals surface area contributed by atoms with E-state index in [-0.39, 0.29) is 5.78 Å². The Kier molecular flexibility index (Phi) is 6.63. The topological polar surface area (TPSA) is 17.1 Å². The molecule has 0 unspecified atom stereocenters. The summed E-state index contributed by atoms with van der Waals surface area (Å²) in [5.74, 6) is 2.02. The summed E-state index contributed by atoms with van der Waals surface area (Å²) >= 11 is 3.31. The maximum Gasteiger partial charge on any atom is 0.205 e. The van der Waals surface area contributed by atoms with Gasteiger partial charge in [-0.1, -0.05) is 22.4 Å². The fraction of sp³-hybridized carbons (Fsp3) is 0.625. The highest BCUT2D eigenvalue weighted by atomic mass is 79.9. The molecule has 0 rings (SSSR count). The average Bonchev–Trinajstić information content (AvgIpc) is 1.98. The third-order valence-corrected chi connectivity index (χ3v) is 1.76. The third kappa shape index (κ3) is 5.84. The van der Waals surface area contributed by atoms with Crippen LogP contribution in [-0.4, -0.2) is 11.1 Å². The van der Waals surface area contributed by atoms with E-state index in [1.165, 1.54) is 0 Å². The minimum Gasteiger partial charge on any atom is -0.285 e. The van der Waals surface area contributed by atoms with E-state index in [1.54, 1.807) is 0 Å². The monoisotopic (exact) mass is 202 g/mol. The molecule has 0 aromatic carbocycles. The van der Waals surface area contributed by atoms with Gasteiger partial charge < -0.3 is 0 Å². The minimum absolute atomic E-state index is 0.0745. The maximum atomic E-state index is 10.5. The number of carbonyl (C=O) groups is 1. The number of alkyl halides is 1. The van der Waals surface area contributed by atoms with Crippen molar-refractivity contribution in [1.82, 2.24) is 0 Å². The van der Waals surface area contributed by atoms with Crippen LogP contribution in [0.3, 0.4) is 0 Å². The summed E-state index contributed by atoms with van der Waals surface area (Å²) < 4.78 is 0. The highest BCUT2D eigenvalue weighted by Crippen LogP contribution is 2.01. The summed E-state index contributed by atoms with van der Waals surface area (Å²) in [6, 6.07) is 0. The van der Waals surface area contributed by atoms with Gasteiger partial charge in [0, 0.05) is 11.8 Å². The lowest BCUT2D eigenvalue weighted by molar-refractivity contribution is -0.113. The smallest absolute Gasteiger partial charge is 0.205 e. The first-order chi connectivity index (χ1) is 4.81. The Labute approximate surface area is 70.3 Å². The quantitative estimate of drug-likeness (QED) is 0.289. The van der Waals surface area contributed by atoms with Crippen LogP contribution in [0.1, 0.15) is 25.7 Å². The molecule has 56 valence electrons. The molecular formula is C8H11BrO. The number of halogens is 1. The van der Waals surface area contributed by atoms with Gasteiger partial charge in [0.25, 0.3) is 0 Å². The number of ketones is 1. The molecule has 0 bridgehead atoms. The van der Waals surface area contributed by atoms with E-state index in [0.29, 0.717) is 6.42 Å². The molecule has 0 atom stereocenters.